The fourth-order valence-electron chi connectivity index (χ4n) is 2.00. The summed E-state index contributed by atoms with van der Waals surface area (Å²) in [6, 6.07) is 10.5. The van der Waals surface area contributed by atoms with Gasteiger partial charge in [0.2, 0.25) is 10.0 Å². The van der Waals surface area contributed by atoms with E-state index in [1.54, 1.807) is 36.7 Å². The molecule has 0 aliphatic heterocycles. The molecule has 0 bridgehead atoms. The fourth-order valence-corrected chi connectivity index (χ4v) is 3.83. The molecule has 0 radical (unpaired) electrons. The Labute approximate surface area is 139 Å². The summed E-state index contributed by atoms with van der Waals surface area (Å²) in [4.78, 5) is 8.68. The van der Waals surface area contributed by atoms with Gasteiger partial charge in [0.05, 0.1) is 17.1 Å². The van der Waals surface area contributed by atoms with E-state index in [1.165, 1.54) is 11.3 Å². The Morgan fingerprint density at radius 3 is 2.48 bits per heavy atom. The maximum atomic E-state index is 12.3. The van der Waals surface area contributed by atoms with E-state index >= 15 is 0 Å². The van der Waals surface area contributed by atoms with E-state index in [1.807, 2.05) is 24.4 Å². The minimum atomic E-state index is -3.52. The van der Waals surface area contributed by atoms with Gasteiger partial charge in [-0.3, -0.25) is 4.98 Å². The average Bonchev–Trinajstić information content (AvgIpc) is 3.03. The SMILES string of the molecule is Cc1ccc(S(=O)(=O)NCc2nc(-c3ccncc3)cs2)cc1. The molecule has 2 aromatic heterocycles. The third-order valence-electron chi connectivity index (χ3n) is 3.27. The Morgan fingerprint density at radius 2 is 1.78 bits per heavy atom. The van der Waals surface area contributed by atoms with Crippen LogP contribution < -0.4 is 4.72 Å². The molecule has 0 amide bonds. The summed E-state index contributed by atoms with van der Waals surface area (Å²) in [5.74, 6) is 0. The lowest BCUT2D eigenvalue weighted by molar-refractivity contribution is 0.581. The minimum absolute atomic E-state index is 0.173. The summed E-state index contributed by atoms with van der Waals surface area (Å²) in [7, 11) is -3.52. The van der Waals surface area contributed by atoms with Crippen molar-refractivity contribution in [1.29, 1.82) is 0 Å². The summed E-state index contributed by atoms with van der Waals surface area (Å²) in [6.45, 7) is 2.09. The van der Waals surface area contributed by atoms with Crippen molar-refractivity contribution in [2.24, 2.45) is 0 Å². The second-order valence-corrected chi connectivity index (χ2v) is 7.71. The molecule has 7 heteroatoms. The Bertz CT molecular complexity index is 889. The minimum Gasteiger partial charge on any atom is -0.265 e. The van der Waals surface area contributed by atoms with E-state index in [-0.39, 0.29) is 11.4 Å². The number of aromatic nitrogens is 2. The van der Waals surface area contributed by atoms with Crippen LogP contribution >= 0.6 is 11.3 Å². The number of rotatable bonds is 5. The van der Waals surface area contributed by atoms with Gasteiger partial charge in [-0.2, -0.15) is 0 Å². The van der Waals surface area contributed by atoms with Gasteiger partial charge in [0, 0.05) is 23.3 Å². The molecule has 0 unspecified atom stereocenters. The quantitative estimate of drug-likeness (QED) is 0.771. The predicted molar refractivity (Wildman–Crippen MR) is 90.5 cm³/mol. The van der Waals surface area contributed by atoms with Gasteiger partial charge in [0.1, 0.15) is 5.01 Å². The number of thiazole rings is 1. The molecule has 23 heavy (non-hydrogen) atoms. The van der Waals surface area contributed by atoms with E-state index in [0.29, 0.717) is 5.01 Å². The third-order valence-corrected chi connectivity index (χ3v) is 5.54. The van der Waals surface area contributed by atoms with Crippen LogP contribution in [0.2, 0.25) is 0 Å². The maximum Gasteiger partial charge on any atom is 0.240 e. The number of aryl methyl sites for hydroxylation is 1. The van der Waals surface area contributed by atoms with E-state index in [0.717, 1.165) is 16.8 Å². The Hall–Kier alpha value is -2.09. The van der Waals surface area contributed by atoms with Gasteiger partial charge >= 0.3 is 0 Å². The first-order valence-corrected chi connectivity index (χ1v) is 9.32. The van der Waals surface area contributed by atoms with Crippen molar-refractivity contribution in [3.63, 3.8) is 0 Å². The van der Waals surface area contributed by atoms with Crippen LogP contribution in [0.4, 0.5) is 0 Å². The summed E-state index contributed by atoms with van der Waals surface area (Å²) in [6.07, 6.45) is 3.41. The largest absolute Gasteiger partial charge is 0.265 e. The molecule has 1 N–H and O–H groups in total. The molecule has 0 fully saturated rings. The number of nitrogens with zero attached hydrogens (tertiary/aromatic N) is 2. The van der Waals surface area contributed by atoms with Crippen LogP contribution in [0.1, 0.15) is 10.6 Å². The van der Waals surface area contributed by atoms with Crippen LogP contribution in [0, 0.1) is 6.92 Å². The van der Waals surface area contributed by atoms with Crippen LogP contribution in [0.5, 0.6) is 0 Å². The highest BCUT2D eigenvalue weighted by Crippen LogP contribution is 2.21. The third kappa shape index (κ3) is 3.82. The number of nitrogens with one attached hydrogen (secondary N) is 1. The smallest absolute Gasteiger partial charge is 0.240 e. The lowest BCUT2D eigenvalue weighted by Gasteiger charge is -2.05. The van der Waals surface area contributed by atoms with Gasteiger partial charge in [0.25, 0.3) is 0 Å². The number of hydrogen-bond donors (Lipinski definition) is 1. The van der Waals surface area contributed by atoms with Gasteiger partial charge < -0.3 is 0 Å². The van der Waals surface area contributed by atoms with Crippen molar-refractivity contribution in [2.45, 2.75) is 18.4 Å². The molecule has 3 aromatic rings. The number of hydrogen-bond acceptors (Lipinski definition) is 5. The van der Waals surface area contributed by atoms with Gasteiger partial charge in [-0.1, -0.05) is 17.7 Å². The topological polar surface area (TPSA) is 72.0 Å². The van der Waals surface area contributed by atoms with Gasteiger partial charge in [-0.25, -0.2) is 18.1 Å². The van der Waals surface area contributed by atoms with Crippen LogP contribution in [-0.2, 0) is 16.6 Å². The standard InChI is InChI=1S/C16H15N3O2S2/c1-12-2-4-14(5-3-12)23(20,21)18-10-16-19-15(11-22-16)13-6-8-17-9-7-13/h2-9,11,18H,10H2,1H3. The normalized spacial score (nSPS) is 11.5. The molecule has 3 rings (SSSR count). The maximum absolute atomic E-state index is 12.3. The highest BCUT2D eigenvalue weighted by molar-refractivity contribution is 7.89. The van der Waals surface area contributed by atoms with Crippen LogP contribution in [0.3, 0.4) is 0 Å². The summed E-state index contributed by atoms with van der Waals surface area (Å²) < 4.78 is 27.1. The predicted octanol–water partition coefficient (Wildman–Crippen LogP) is 2.99. The molecule has 0 saturated carbocycles. The molecule has 0 aliphatic rings. The molecule has 0 saturated heterocycles. The van der Waals surface area contributed by atoms with Gasteiger partial charge in [-0.05, 0) is 31.2 Å². The molecule has 1 aromatic carbocycles. The van der Waals surface area contributed by atoms with E-state index < -0.39 is 10.0 Å². The number of sulfonamides is 1. The number of pyridine rings is 1. The van der Waals surface area contributed by atoms with E-state index in [9.17, 15) is 8.42 Å². The zero-order valence-corrected chi connectivity index (χ0v) is 14.1. The highest BCUT2D eigenvalue weighted by atomic mass is 32.2. The van der Waals surface area contributed by atoms with E-state index in [4.69, 9.17) is 0 Å². The van der Waals surface area contributed by atoms with Crippen LogP contribution in [-0.4, -0.2) is 18.4 Å². The summed E-state index contributed by atoms with van der Waals surface area (Å²) >= 11 is 1.42. The lowest BCUT2D eigenvalue weighted by Crippen LogP contribution is -2.23. The average molecular weight is 345 g/mol. The van der Waals surface area contributed by atoms with Crippen LogP contribution in [0.15, 0.2) is 59.1 Å². The molecular formula is C16H15N3O2S2. The van der Waals surface area contributed by atoms with Crippen molar-refractivity contribution >= 4 is 21.4 Å². The van der Waals surface area contributed by atoms with Crippen molar-refractivity contribution in [3.05, 3.63) is 64.7 Å². The monoisotopic (exact) mass is 345 g/mol. The van der Waals surface area contributed by atoms with Crippen molar-refractivity contribution in [3.8, 4) is 11.3 Å². The molecule has 118 valence electrons. The molecule has 2 heterocycles. The first kappa shape index (κ1) is 15.8. The summed E-state index contributed by atoms with van der Waals surface area (Å²) in [5.41, 5.74) is 2.80. The summed E-state index contributed by atoms with van der Waals surface area (Å²) in [5, 5.41) is 2.62. The highest BCUT2D eigenvalue weighted by Gasteiger charge is 2.14. The number of benzene rings is 1. The molecule has 0 aliphatic carbocycles. The first-order valence-electron chi connectivity index (χ1n) is 6.96. The lowest BCUT2D eigenvalue weighted by atomic mass is 10.2. The molecule has 5 nitrogen and oxygen atoms in total. The molecular weight excluding hydrogens is 330 g/mol. The zero-order valence-electron chi connectivity index (χ0n) is 12.4. The van der Waals surface area contributed by atoms with Gasteiger partial charge in [0.15, 0.2) is 0 Å². The second kappa shape index (κ2) is 6.57. The second-order valence-electron chi connectivity index (χ2n) is 5.00. The van der Waals surface area contributed by atoms with Crippen molar-refractivity contribution in [2.75, 3.05) is 0 Å². The Balaban J connectivity index is 1.71. The van der Waals surface area contributed by atoms with E-state index in [2.05, 4.69) is 14.7 Å². The fraction of sp³-hybridized carbons (Fsp3) is 0.125. The van der Waals surface area contributed by atoms with Gasteiger partial charge in [-0.15, -0.1) is 11.3 Å². The molecule has 0 spiro atoms. The Morgan fingerprint density at radius 1 is 1.09 bits per heavy atom. The molecule has 0 atom stereocenters. The zero-order chi connectivity index (χ0) is 16.3. The Kier molecular flexibility index (Phi) is 4.51. The van der Waals surface area contributed by atoms with Crippen molar-refractivity contribution in [1.82, 2.24) is 14.7 Å². The van der Waals surface area contributed by atoms with Crippen LogP contribution in [0.25, 0.3) is 11.3 Å². The van der Waals surface area contributed by atoms with Crippen molar-refractivity contribution < 1.29 is 8.42 Å². The first-order chi connectivity index (χ1) is 11.0.